The zero-order valence-electron chi connectivity index (χ0n) is 16.0. The van der Waals surface area contributed by atoms with E-state index in [2.05, 4.69) is 4.98 Å². The lowest BCUT2D eigenvalue weighted by atomic mass is 9.95. The van der Waals surface area contributed by atoms with Gasteiger partial charge in [-0.05, 0) is 29.7 Å². The number of carbonyl (C=O) groups is 1. The van der Waals surface area contributed by atoms with Crippen molar-refractivity contribution in [3.8, 4) is 0 Å². The summed E-state index contributed by atoms with van der Waals surface area (Å²) >= 11 is 0. The first-order valence-electron chi connectivity index (χ1n) is 9.15. The molecular formula is C21H15F5N2O3. The van der Waals surface area contributed by atoms with E-state index in [4.69, 9.17) is 4.74 Å². The summed E-state index contributed by atoms with van der Waals surface area (Å²) in [6.07, 6.45) is -3.37. The number of rotatable bonds is 3. The SMILES string of the molecule is CN(C(=O)c1cc(F)c(C(F)F)c(F)c1)[C@@H]1COCc2[nH]c(=O)c3cc(F)ccc3c21. The Kier molecular flexibility index (Phi) is 5.26. The van der Waals surface area contributed by atoms with Crippen LogP contribution in [0.25, 0.3) is 10.8 Å². The number of halogens is 5. The Morgan fingerprint density at radius 3 is 2.45 bits per heavy atom. The third-order valence-electron chi connectivity index (χ3n) is 5.29. The molecule has 1 aliphatic heterocycles. The monoisotopic (exact) mass is 438 g/mol. The van der Waals surface area contributed by atoms with Gasteiger partial charge in [0.2, 0.25) is 0 Å². The Hall–Kier alpha value is -3.27. The highest BCUT2D eigenvalue weighted by Gasteiger charge is 2.32. The van der Waals surface area contributed by atoms with Gasteiger partial charge in [0.25, 0.3) is 17.9 Å². The van der Waals surface area contributed by atoms with Crippen molar-refractivity contribution in [2.45, 2.75) is 19.1 Å². The van der Waals surface area contributed by atoms with Gasteiger partial charge in [-0.1, -0.05) is 6.07 Å². The average Bonchev–Trinajstić information content (AvgIpc) is 2.71. The first-order chi connectivity index (χ1) is 14.7. The highest BCUT2D eigenvalue weighted by Crippen LogP contribution is 2.34. The molecule has 0 unspecified atom stereocenters. The number of H-pyrrole nitrogens is 1. The molecule has 0 radical (unpaired) electrons. The van der Waals surface area contributed by atoms with Crippen molar-refractivity contribution >= 4 is 16.7 Å². The maximum Gasteiger partial charge on any atom is 0.269 e. The Balaban J connectivity index is 1.79. The standard InChI is InChI=1S/C21H15F5N2O3/c1-28(21(30)9-4-13(23)18(19(25)26)14(24)5-9)16-8-31-7-15-17(16)11-3-2-10(22)6-12(11)20(29)27-15/h2-6,16,19H,7-8H2,1H3,(H,27,29)/t16-/m1/s1. The molecule has 0 aliphatic carbocycles. The summed E-state index contributed by atoms with van der Waals surface area (Å²) in [6.45, 7) is 0.0383. The average molecular weight is 438 g/mol. The van der Waals surface area contributed by atoms with Crippen LogP contribution in [0.3, 0.4) is 0 Å². The van der Waals surface area contributed by atoms with Crippen LogP contribution < -0.4 is 5.56 Å². The fraction of sp³-hybridized carbons (Fsp3) is 0.238. The molecule has 162 valence electrons. The van der Waals surface area contributed by atoms with Crippen molar-refractivity contribution in [2.24, 2.45) is 0 Å². The number of aromatic amines is 1. The molecule has 31 heavy (non-hydrogen) atoms. The van der Waals surface area contributed by atoms with Crippen LogP contribution >= 0.6 is 0 Å². The Bertz CT molecular complexity index is 1230. The van der Waals surface area contributed by atoms with Crippen molar-refractivity contribution in [1.82, 2.24) is 9.88 Å². The lowest BCUT2D eigenvalue weighted by molar-refractivity contribution is 0.0335. The number of likely N-dealkylation sites (N-methyl/N-ethyl adjacent to an activating group) is 1. The van der Waals surface area contributed by atoms with Gasteiger partial charge < -0.3 is 14.6 Å². The number of amides is 1. The molecule has 0 saturated carbocycles. The van der Waals surface area contributed by atoms with Crippen molar-refractivity contribution in [3.05, 3.63) is 80.5 Å². The number of nitrogens with one attached hydrogen (secondary N) is 1. The molecule has 0 bridgehead atoms. The van der Waals surface area contributed by atoms with Gasteiger partial charge in [-0.2, -0.15) is 0 Å². The van der Waals surface area contributed by atoms with E-state index in [1.807, 2.05) is 0 Å². The second-order valence-electron chi connectivity index (χ2n) is 7.14. The van der Waals surface area contributed by atoms with Gasteiger partial charge >= 0.3 is 0 Å². The number of alkyl halides is 2. The predicted molar refractivity (Wildman–Crippen MR) is 100 cm³/mol. The van der Waals surface area contributed by atoms with Crippen LogP contribution in [0, 0.1) is 17.5 Å². The second-order valence-corrected chi connectivity index (χ2v) is 7.14. The van der Waals surface area contributed by atoms with E-state index in [1.54, 1.807) is 0 Å². The molecule has 1 amide bonds. The van der Waals surface area contributed by atoms with Gasteiger partial charge in [0, 0.05) is 23.9 Å². The van der Waals surface area contributed by atoms with E-state index in [-0.39, 0.29) is 18.6 Å². The normalized spacial score (nSPS) is 15.9. The lowest BCUT2D eigenvalue weighted by Gasteiger charge is -2.34. The highest BCUT2D eigenvalue weighted by molar-refractivity contribution is 5.95. The Morgan fingerprint density at radius 1 is 1.13 bits per heavy atom. The molecule has 1 aliphatic rings. The quantitative estimate of drug-likeness (QED) is 0.623. The van der Waals surface area contributed by atoms with Gasteiger partial charge in [0.1, 0.15) is 17.5 Å². The van der Waals surface area contributed by atoms with E-state index in [0.717, 1.165) is 11.0 Å². The minimum absolute atomic E-state index is 0.00611. The number of hydrogen-bond acceptors (Lipinski definition) is 3. The highest BCUT2D eigenvalue weighted by atomic mass is 19.3. The van der Waals surface area contributed by atoms with E-state index < -0.39 is 52.5 Å². The third-order valence-corrected chi connectivity index (χ3v) is 5.29. The topological polar surface area (TPSA) is 62.4 Å². The summed E-state index contributed by atoms with van der Waals surface area (Å²) in [4.78, 5) is 29.0. The zero-order valence-corrected chi connectivity index (χ0v) is 16.0. The summed E-state index contributed by atoms with van der Waals surface area (Å²) in [5.41, 5.74) is -1.52. The number of aromatic nitrogens is 1. The molecule has 0 fully saturated rings. The number of benzene rings is 2. The molecule has 1 N–H and O–H groups in total. The van der Waals surface area contributed by atoms with Crippen molar-refractivity contribution < 1.29 is 31.5 Å². The van der Waals surface area contributed by atoms with E-state index in [1.165, 1.54) is 19.2 Å². The third kappa shape index (κ3) is 3.56. The summed E-state index contributed by atoms with van der Waals surface area (Å²) in [5.74, 6) is -4.52. The van der Waals surface area contributed by atoms with Gasteiger partial charge in [0.05, 0.1) is 30.2 Å². The summed E-state index contributed by atoms with van der Waals surface area (Å²) in [5, 5.41) is 0.475. The maximum atomic E-state index is 14.0. The number of nitrogens with zero attached hydrogens (tertiary/aromatic N) is 1. The van der Waals surface area contributed by atoms with Crippen molar-refractivity contribution in [3.63, 3.8) is 0 Å². The van der Waals surface area contributed by atoms with Crippen LogP contribution in [0.4, 0.5) is 22.0 Å². The van der Waals surface area contributed by atoms with Crippen molar-refractivity contribution in [1.29, 1.82) is 0 Å². The minimum atomic E-state index is -3.37. The van der Waals surface area contributed by atoms with Crippen LogP contribution in [-0.4, -0.2) is 29.4 Å². The fourth-order valence-electron chi connectivity index (χ4n) is 3.79. The van der Waals surface area contributed by atoms with E-state index in [9.17, 15) is 31.5 Å². The number of pyridine rings is 1. The smallest absolute Gasteiger partial charge is 0.269 e. The molecule has 5 nitrogen and oxygen atoms in total. The predicted octanol–water partition coefficient (Wildman–Crippen LogP) is 4.23. The van der Waals surface area contributed by atoms with Crippen LogP contribution in [0.15, 0.2) is 35.1 Å². The molecule has 3 aromatic rings. The Morgan fingerprint density at radius 2 is 1.81 bits per heavy atom. The summed E-state index contributed by atoms with van der Waals surface area (Å²) < 4.78 is 72.6. The minimum Gasteiger partial charge on any atom is -0.373 e. The summed E-state index contributed by atoms with van der Waals surface area (Å²) in [7, 11) is 1.35. The van der Waals surface area contributed by atoms with Gasteiger partial charge in [-0.15, -0.1) is 0 Å². The van der Waals surface area contributed by atoms with Crippen LogP contribution in [-0.2, 0) is 11.3 Å². The van der Waals surface area contributed by atoms with Crippen LogP contribution in [0.2, 0.25) is 0 Å². The first kappa shape index (κ1) is 21.0. The molecular weight excluding hydrogens is 423 g/mol. The molecule has 1 atom stereocenters. The van der Waals surface area contributed by atoms with Crippen molar-refractivity contribution in [2.75, 3.05) is 13.7 Å². The van der Waals surface area contributed by atoms with E-state index in [0.29, 0.717) is 28.8 Å². The summed E-state index contributed by atoms with van der Waals surface area (Å²) in [6, 6.07) is 3.96. The molecule has 0 spiro atoms. The van der Waals surface area contributed by atoms with Gasteiger partial charge in [0.15, 0.2) is 0 Å². The fourth-order valence-corrected chi connectivity index (χ4v) is 3.79. The molecule has 4 rings (SSSR count). The molecule has 1 aromatic heterocycles. The number of fused-ring (bicyclic) bond motifs is 3. The second kappa shape index (κ2) is 7.77. The van der Waals surface area contributed by atoms with Crippen LogP contribution in [0.1, 0.15) is 39.6 Å². The molecule has 10 heteroatoms. The maximum absolute atomic E-state index is 14.0. The molecule has 2 aromatic carbocycles. The largest absolute Gasteiger partial charge is 0.373 e. The van der Waals surface area contributed by atoms with Crippen LogP contribution in [0.5, 0.6) is 0 Å². The molecule has 0 saturated heterocycles. The zero-order chi connectivity index (χ0) is 22.4. The Labute approximate surface area is 172 Å². The first-order valence-corrected chi connectivity index (χ1v) is 9.15. The lowest BCUT2D eigenvalue weighted by Crippen LogP contribution is -2.37. The molecule has 2 heterocycles. The van der Waals surface area contributed by atoms with E-state index >= 15 is 0 Å². The number of hydrogen-bond donors (Lipinski definition) is 1. The van der Waals surface area contributed by atoms with Gasteiger partial charge in [-0.25, -0.2) is 22.0 Å². The number of ether oxygens (including phenoxy) is 1. The number of carbonyl (C=O) groups excluding carboxylic acids is 1. The van der Waals surface area contributed by atoms with Gasteiger partial charge in [-0.3, -0.25) is 9.59 Å².